The van der Waals surface area contributed by atoms with E-state index in [1.165, 1.54) is 28.9 Å². The normalized spacial score (nSPS) is 11.2. The molecular weight excluding hydrogens is 273 g/mol. The summed E-state index contributed by atoms with van der Waals surface area (Å²) < 4.78 is 39.7. The third kappa shape index (κ3) is 3.28. The van der Waals surface area contributed by atoms with Crippen molar-refractivity contribution in [1.29, 1.82) is 0 Å². The van der Waals surface area contributed by atoms with Crippen LogP contribution in [0, 0.1) is 0 Å². The van der Waals surface area contributed by atoms with Crippen molar-refractivity contribution in [2.45, 2.75) is 6.18 Å². The van der Waals surface area contributed by atoms with E-state index in [9.17, 15) is 18.0 Å². The van der Waals surface area contributed by atoms with Crippen LogP contribution in [0.25, 0.3) is 0 Å². The number of halogens is 3. The second kappa shape index (κ2) is 5.24. The Labute approximate surface area is 112 Å². The van der Waals surface area contributed by atoms with Crippen LogP contribution in [0.4, 0.5) is 29.5 Å². The number of aromatic nitrogens is 2. The molecule has 0 bridgehead atoms. The molecular formula is C12H11F3N4O. The van der Waals surface area contributed by atoms with Crippen LogP contribution in [-0.2, 0) is 13.2 Å². The molecule has 0 aliphatic carbocycles. The lowest BCUT2D eigenvalue weighted by Crippen LogP contribution is -2.22. The molecule has 20 heavy (non-hydrogen) atoms. The summed E-state index contributed by atoms with van der Waals surface area (Å²) in [5.41, 5.74) is -1.22. The Morgan fingerprint density at radius 3 is 2.50 bits per heavy atom. The van der Waals surface area contributed by atoms with E-state index in [1.54, 1.807) is 13.2 Å². The Balaban J connectivity index is 2.12. The first-order valence-electron chi connectivity index (χ1n) is 5.60. The van der Waals surface area contributed by atoms with Gasteiger partial charge in [0.1, 0.15) is 0 Å². The van der Waals surface area contributed by atoms with Crippen molar-refractivity contribution < 1.29 is 18.0 Å². The molecule has 8 heteroatoms. The van der Waals surface area contributed by atoms with Crippen molar-refractivity contribution in [3.8, 4) is 0 Å². The molecule has 2 rings (SSSR count). The van der Waals surface area contributed by atoms with E-state index in [0.717, 1.165) is 6.07 Å². The van der Waals surface area contributed by atoms with Gasteiger partial charge in [-0.3, -0.25) is 10.00 Å². The number of carbonyl (C=O) groups is 1. The monoisotopic (exact) mass is 284 g/mol. The average Bonchev–Trinajstić information content (AvgIpc) is 2.73. The van der Waals surface area contributed by atoms with E-state index < -0.39 is 17.8 Å². The molecule has 1 aromatic heterocycles. The highest BCUT2D eigenvalue weighted by Gasteiger charge is 2.33. The third-order valence-corrected chi connectivity index (χ3v) is 2.44. The summed E-state index contributed by atoms with van der Waals surface area (Å²) in [6.45, 7) is 0. The molecule has 0 saturated heterocycles. The van der Waals surface area contributed by atoms with Gasteiger partial charge in [-0.15, -0.1) is 0 Å². The number of anilines is 2. The van der Waals surface area contributed by atoms with Crippen LogP contribution in [0.3, 0.4) is 0 Å². The lowest BCUT2D eigenvalue weighted by molar-refractivity contribution is -0.136. The van der Waals surface area contributed by atoms with Gasteiger partial charge in [-0.1, -0.05) is 12.1 Å². The second-order valence-electron chi connectivity index (χ2n) is 4.00. The first kappa shape index (κ1) is 13.9. The molecule has 0 unspecified atom stereocenters. The van der Waals surface area contributed by atoms with Crippen molar-refractivity contribution in [3.05, 3.63) is 42.1 Å². The summed E-state index contributed by atoms with van der Waals surface area (Å²) in [5, 5.41) is 8.38. The maximum Gasteiger partial charge on any atom is 0.418 e. The Morgan fingerprint density at radius 2 is 1.90 bits per heavy atom. The molecule has 0 fully saturated rings. The molecule has 106 valence electrons. The Kier molecular flexibility index (Phi) is 3.64. The number of aryl methyl sites for hydroxylation is 1. The van der Waals surface area contributed by atoms with E-state index in [0.29, 0.717) is 0 Å². The van der Waals surface area contributed by atoms with Gasteiger partial charge in [0.15, 0.2) is 5.82 Å². The number of alkyl halides is 3. The molecule has 2 N–H and O–H groups in total. The number of urea groups is 1. The fourth-order valence-electron chi connectivity index (χ4n) is 1.59. The molecule has 0 atom stereocenters. The fraction of sp³-hybridized carbons (Fsp3) is 0.167. The SMILES string of the molecule is Cn1ccc(NC(=O)Nc2ccccc2C(F)(F)F)n1. The van der Waals surface area contributed by atoms with Crippen molar-refractivity contribution in [2.75, 3.05) is 10.6 Å². The largest absolute Gasteiger partial charge is 0.418 e. The van der Waals surface area contributed by atoms with Crippen LogP contribution in [0.2, 0.25) is 0 Å². The number of rotatable bonds is 2. The minimum absolute atomic E-state index is 0.245. The quantitative estimate of drug-likeness (QED) is 0.890. The van der Waals surface area contributed by atoms with Crippen molar-refractivity contribution >= 4 is 17.5 Å². The van der Waals surface area contributed by atoms with Crippen LogP contribution in [-0.4, -0.2) is 15.8 Å². The van der Waals surface area contributed by atoms with Crippen molar-refractivity contribution in [1.82, 2.24) is 9.78 Å². The van der Waals surface area contributed by atoms with Crippen LogP contribution >= 0.6 is 0 Å². The first-order chi connectivity index (χ1) is 9.36. The van der Waals surface area contributed by atoms with Crippen LogP contribution in [0.15, 0.2) is 36.5 Å². The number of hydrogen-bond acceptors (Lipinski definition) is 2. The van der Waals surface area contributed by atoms with Gasteiger partial charge in [0.25, 0.3) is 0 Å². The minimum atomic E-state index is -4.53. The lowest BCUT2D eigenvalue weighted by Gasteiger charge is -2.13. The van der Waals surface area contributed by atoms with Crippen molar-refractivity contribution in [2.24, 2.45) is 7.05 Å². The van der Waals surface area contributed by atoms with E-state index in [1.807, 2.05) is 0 Å². The number of para-hydroxylation sites is 1. The zero-order chi connectivity index (χ0) is 14.8. The van der Waals surface area contributed by atoms with Gasteiger partial charge >= 0.3 is 12.2 Å². The van der Waals surface area contributed by atoms with Gasteiger partial charge in [-0.25, -0.2) is 4.79 Å². The second-order valence-corrected chi connectivity index (χ2v) is 4.00. The number of benzene rings is 1. The van der Waals surface area contributed by atoms with Gasteiger partial charge in [0.05, 0.1) is 11.3 Å². The Hall–Kier alpha value is -2.51. The molecule has 0 spiro atoms. The highest BCUT2D eigenvalue weighted by atomic mass is 19.4. The smallest absolute Gasteiger partial charge is 0.307 e. The number of nitrogens with zero attached hydrogens (tertiary/aromatic N) is 2. The fourth-order valence-corrected chi connectivity index (χ4v) is 1.59. The van der Waals surface area contributed by atoms with Gasteiger partial charge in [-0.05, 0) is 12.1 Å². The predicted molar refractivity (Wildman–Crippen MR) is 67.3 cm³/mol. The molecule has 2 amide bonds. The third-order valence-electron chi connectivity index (χ3n) is 2.44. The zero-order valence-corrected chi connectivity index (χ0v) is 10.4. The van der Waals surface area contributed by atoms with Crippen LogP contribution in [0.1, 0.15) is 5.56 Å². The number of hydrogen-bond donors (Lipinski definition) is 2. The number of carbonyl (C=O) groups excluding carboxylic acids is 1. The first-order valence-corrected chi connectivity index (χ1v) is 5.60. The molecule has 1 heterocycles. The van der Waals surface area contributed by atoms with Gasteiger partial charge in [0, 0.05) is 19.3 Å². The molecule has 0 saturated carbocycles. The number of amides is 2. The maximum absolute atomic E-state index is 12.7. The minimum Gasteiger partial charge on any atom is -0.307 e. The Morgan fingerprint density at radius 1 is 1.20 bits per heavy atom. The molecule has 2 aromatic rings. The summed E-state index contributed by atoms with van der Waals surface area (Å²) in [7, 11) is 1.65. The summed E-state index contributed by atoms with van der Waals surface area (Å²) >= 11 is 0. The van der Waals surface area contributed by atoms with Crippen molar-refractivity contribution in [3.63, 3.8) is 0 Å². The van der Waals surface area contributed by atoms with E-state index in [-0.39, 0.29) is 11.5 Å². The predicted octanol–water partition coefficient (Wildman–Crippen LogP) is 3.08. The maximum atomic E-state index is 12.7. The molecule has 0 radical (unpaired) electrons. The van der Waals surface area contributed by atoms with Gasteiger partial charge in [0.2, 0.25) is 0 Å². The standard InChI is InChI=1S/C12H11F3N4O/c1-19-7-6-10(18-19)17-11(20)16-9-5-3-2-4-8(9)12(13,14)15/h2-7H,1H3,(H2,16,17,18,20). The number of nitrogens with one attached hydrogen (secondary N) is 2. The molecule has 0 aliphatic heterocycles. The summed E-state index contributed by atoms with van der Waals surface area (Å²) in [6.07, 6.45) is -2.94. The lowest BCUT2D eigenvalue weighted by atomic mass is 10.1. The summed E-state index contributed by atoms with van der Waals surface area (Å²) in [5.74, 6) is 0.245. The van der Waals surface area contributed by atoms with Gasteiger partial charge < -0.3 is 5.32 Å². The molecule has 5 nitrogen and oxygen atoms in total. The van der Waals surface area contributed by atoms with Crippen LogP contribution < -0.4 is 10.6 Å². The zero-order valence-electron chi connectivity index (χ0n) is 10.4. The highest BCUT2D eigenvalue weighted by Crippen LogP contribution is 2.34. The Bertz CT molecular complexity index is 621. The summed E-state index contributed by atoms with van der Waals surface area (Å²) in [6, 6.07) is 5.48. The molecule has 1 aromatic carbocycles. The summed E-state index contributed by atoms with van der Waals surface area (Å²) in [4.78, 5) is 11.6. The molecule has 0 aliphatic rings. The van der Waals surface area contributed by atoms with Crippen LogP contribution in [0.5, 0.6) is 0 Å². The topological polar surface area (TPSA) is 59.0 Å². The average molecular weight is 284 g/mol. The van der Waals surface area contributed by atoms with Gasteiger partial charge in [-0.2, -0.15) is 18.3 Å². The van der Waals surface area contributed by atoms with E-state index >= 15 is 0 Å². The highest BCUT2D eigenvalue weighted by molar-refractivity contribution is 5.99. The van der Waals surface area contributed by atoms with E-state index in [4.69, 9.17) is 0 Å². The van der Waals surface area contributed by atoms with E-state index in [2.05, 4.69) is 15.7 Å².